The Morgan fingerprint density at radius 3 is 2.38 bits per heavy atom. The van der Waals surface area contributed by atoms with Crippen LogP contribution in [0.2, 0.25) is 0 Å². The van der Waals surface area contributed by atoms with Gasteiger partial charge < -0.3 is 9.80 Å². The Morgan fingerprint density at radius 1 is 1.00 bits per heavy atom. The summed E-state index contributed by atoms with van der Waals surface area (Å²) in [5.74, 6) is 0. The molecule has 0 unspecified atom stereocenters. The summed E-state index contributed by atoms with van der Waals surface area (Å²) in [6.07, 6.45) is 7.13. The molecule has 0 saturated carbocycles. The van der Waals surface area contributed by atoms with Crippen LogP contribution in [0.5, 0.6) is 0 Å². The lowest BCUT2D eigenvalue weighted by molar-refractivity contribution is 0.141. The van der Waals surface area contributed by atoms with E-state index in [1.165, 1.54) is 58.3 Å². The van der Waals surface area contributed by atoms with Crippen molar-refractivity contribution < 1.29 is 0 Å². The highest BCUT2D eigenvalue weighted by atomic mass is 15.2. The van der Waals surface area contributed by atoms with E-state index in [-0.39, 0.29) is 0 Å². The largest absolute Gasteiger partial charge is 0.302 e. The number of likely N-dealkylation sites (tertiary alicyclic amines) is 2. The highest BCUT2D eigenvalue weighted by molar-refractivity contribution is 4.79. The predicted octanol–water partition coefficient (Wildman–Crippen LogP) is 1.57. The fraction of sp³-hybridized carbons (Fsp3) is 1.00. The van der Waals surface area contributed by atoms with Gasteiger partial charge in [-0.25, -0.2) is 0 Å². The Kier molecular flexibility index (Phi) is 3.23. The van der Waals surface area contributed by atoms with Crippen LogP contribution >= 0.6 is 0 Å². The molecule has 0 radical (unpaired) electrons. The van der Waals surface area contributed by atoms with Gasteiger partial charge in [-0.1, -0.05) is 6.42 Å². The van der Waals surface area contributed by atoms with Gasteiger partial charge in [-0.05, 0) is 52.4 Å². The Labute approximate surface area is 81.9 Å². The Morgan fingerprint density at radius 2 is 1.69 bits per heavy atom. The molecule has 2 nitrogen and oxygen atoms in total. The van der Waals surface area contributed by atoms with Crippen LogP contribution in [-0.2, 0) is 0 Å². The van der Waals surface area contributed by atoms with Crippen molar-refractivity contribution in [1.29, 1.82) is 0 Å². The summed E-state index contributed by atoms with van der Waals surface area (Å²) in [5.41, 5.74) is 0. The Bertz CT molecular complexity index is 152. The van der Waals surface area contributed by atoms with Crippen LogP contribution in [0.25, 0.3) is 0 Å². The minimum Gasteiger partial charge on any atom is -0.302 e. The first kappa shape index (κ1) is 9.47. The molecule has 76 valence electrons. The third kappa shape index (κ3) is 2.44. The van der Waals surface area contributed by atoms with Crippen LogP contribution in [0.15, 0.2) is 0 Å². The van der Waals surface area contributed by atoms with Gasteiger partial charge >= 0.3 is 0 Å². The standard InChI is InChI=1S/C11H22N2/c1-12-7-3-2-6-11(12)10-13-8-4-5-9-13/h11H,2-10H2,1H3/t11-/m1/s1. The minimum absolute atomic E-state index is 0.854. The molecule has 2 heteroatoms. The second-order valence-electron chi connectivity index (χ2n) is 4.64. The van der Waals surface area contributed by atoms with E-state index >= 15 is 0 Å². The van der Waals surface area contributed by atoms with Crippen LogP contribution in [0.3, 0.4) is 0 Å². The van der Waals surface area contributed by atoms with Crippen molar-refractivity contribution in [3.05, 3.63) is 0 Å². The second-order valence-corrected chi connectivity index (χ2v) is 4.64. The number of rotatable bonds is 2. The first-order chi connectivity index (χ1) is 6.36. The third-order valence-electron chi connectivity index (χ3n) is 3.59. The maximum atomic E-state index is 2.65. The van der Waals surface area contributed by atoms with E-state index in [1.807, 2.05) is 0 Å². The highest BCUT2D eigenvalue weighted by Crippen LogP contribution is 2.18. The molecule has 13 heavy (non-hydrogen) atoms. The smallest absolute Gasteiger partial charge is 0.0220 e. The maximum Gasteiger partial charge on any atom is 0.0220 e. The van der Waals surface area contributed by atoms with E-state index in [0.29, 0.717) is 0 Å². The molecule has 0 aliphatic carbocycles. The molecule has 0 spiro atoms. The number of piperidine rings is 1. The van der Waals surface area contributed by atoms with Gasteiger partial charge in [0.1, 0.15) is 0 Å². The average Bonchev–Trinajstić information content (AvgIpc) is 2.61. The normalized spacial score (nSPS) is 32.5. The molecule has 2 aliphatic heterocycles. The van der Waals surface area contributed by atoms with Crippen molar-refractivity contribution in [2.75, 3.05) is 33.2 Å². The second kappa shape index (κ2) is 4.43. The van der Waals surface area contributed by atoms with Crippen LogP contribution in [-0.4, -0.2) is 49.1 Å². The lowest BCUT2D eigenvalue weighted by Gasteiger charge is -2.35. The topological polar surface area (TPSA) is 6.48 Å². The number of hydrogen-bond donors (Lipinski definition) is 0. The zero-order valence-electron chi connectivity index (χ0n) is 8.84. The van der Waals surface area contributed by atoms with Crippen LogP contribution in [0.4, 0.5) is 0 Å². The van der Waals surface area contributed by atoms with Crippen molar-refractivity contribution >= 4 is 0 Å². The monoisotopic (exact) mass is 182 g/mol. The zero-order chi connectivity index (χ0) is 9.10. The SMILES string of the molecule is CN1CCCC[C@@H]1CN1CCCC1. The van der Waals surface area contributed by atoms with E-state index < -0.39 is 0 Å². The summed E-state index contributed by atoms with van der Waals surface area (Å²) in [6.45, 7) is 5.35. The average molecular weight is 182 g/mol. The van der Waals surface area contributed by atoms with Gasteiger partial charge in [0.2, 0.25) is 0 Å². The molecule has 2 saturated heterocycles. The molecule has 2 heterocycles. The van der Waals surface area contributed by atoms with Gasteiger partial charge in [-0.15, -0.1) is 0 Å². The Hall–Kier alpha value is -0.0800. The molecule has 2 rings (SSSR count). The van der Waals surface area contributed by atoms with E-state index in [9.17, 15) is 0 Å². The van der Waals surface area contributed by atoms with Gasteiger partial charge in [-0.2, -0.15) is 0 Å². The zero-order valence-corrected chi connectivity index (χ0v) is 8.84. The lowest BCUT2D eigenvalue weighted by Crippen LogP contribution is -2.43. The summed E-state index contributed by atoms with van der Waals surface area (Å²) in [5, 5.41) is 0. The van der Waals surface area contributed by atoms with Crippen molar-refractivity contribution in [2.24, 2.45) is 0 Å². The molecule has 0 aromatic heterocycles. The third-order valence-corrected chi connectivity index (χ3v) is 3.59. The minimum atomic E-state index is 0.854. The molecule has 2 fully saturated rings. The van der Waals surface area contributed by atoms with E-state index in [1.54, 1.807) is 0 Å². The molecular formula is C11H22N2. The molecule has 0 N–H and O–H groups in total. The first-order valence-electron chi connectivity index (χ1n) is 5.79. The summed E-state index contributed by atoms with van der Waals surface area (Å²) in [6, 6.07) is 0.854. The maximum absolute atomic E-state index is 2.65. The summed E-state index contributed by atoms with van der Waals surface area (Å²) in [4.78, 5) is 5.20. The van der Waals surface area contributed by atoms with Gasteiger partial charge in [0, 0.05) is 12.6 Å². The molecular weight excluding hydrogens is 160 g/mol. The van der Waals surface area contributed by atoms with Crippen molar-refractivity contribution in [2.45, 2.75) is 38.1 Å². The number of nitrogens with zero attached hydrogens (tertiary/aromatic N) is 2. The summed E-state index contributed by atoms with van der Waals surface area (Å²) < 4.78 is 0. The molecule has 0 aromatic rings. The molecule has 0 aromatic carbocycles. The van der Waals surface area contributed by atoms with Gasteiger partial charge in [0.05, 0.1) is 0 Å². The molecule has 2 aliphatic rings. The molecule has 0 bridgehead atoms. The molecule has 0 amide bonds. The summed E-state index contributed by atoms with van der Waals surface area (Å²) >= 11 is 0. The van der Waals surface area contributed by atoms with Crippen molar-refractivity contribution in [1.82, 2.24) is 9.80 Å². The quantitative estimate of drug-likeness (QED) is 0.639. The first-order valence-corrected chi connectivity index (χ1v) is 5.79. The van der Waals surface area contributed by atoms with E-state index in [2.05, 4.69) is 16.8 Å². The predicted molar refractivity (Wildman–Crippen MR) is 55.9 cm³/mol. The van der Waals surface area contributed by atoms with Gasteiger partial charge in [-0.3, -0.25) is 0 Å². The van der Waals surface area contributed by atoms with Crippen LogP contribution in [0.1, 0.15) is 32.1 Å². The van der Waals surface area contributed by atoms with Crippen LogP contribution < -0.4 is 0 Å². The van der Waals surface area contributed by atoms with Gasteiger partial charge in [0.25, 0.3) is 0 Å². The highest BCUT2D eigenvalue weighted by Gasteiger charge is 2.22. The van der Waals surface area contributed by atoms with Crippen LogP contribution in [0, 0.1) is 0 Å². The van der Waals surface area contributed by atoms with Crippen molar-refractivity contribution in [3.63, 3.8) is 0 Å². The van der Waals surface area contributed by atoms with E-state index in [0.717, 1.165) is 6.04 Å². The fourth-order valence-corrected chi connectivity index (χ4v) is 2.64. The Balaban J connectivity index is 1.78. The van der Waals surface area contributed by atoms with Crippen molar-refractivity contribution in [3.8, 4) is 0 Å². The number of likely N-dealkylation sites (N-methyl/N-ethyl adjacent to an activating group) is 1. The van der Waals surface area contributed by atoms with Gasteiger partial charge in [0.15, 0.2) is 0 Å². The number of hydrogen-bond acceptors (Lipinski definition) is 2. The summed E-state index contributed by atoms with van der Waals surface area (Å²) in [7, 11) is 2.29. The van der Waals surface area contributed by atoms with E-state index in [4.69, 9.17) is 0 Å². The fourth-order valence-electron chi connectivity index (χ4n) is 2.64. The molecule has 1 atom stereocenters. The lowest BCUT2D eigenvalue weighted by atomic mass is 10.0.